The molecule has 0 aliphatic rings. The average Bonchev–Trinajstić information content (AvgIpc) is 2.29. The Morgan fingerprint density at radius 3 is 2.79 bits per heavy atom. The Morgan fingerprint density at radius 2 is 2.21 bits per heavy atom. The Bertz CT molecular complexity index is 484. The van der Waals surface area contributed by atoms with E-state index in [0.29, 0.717) is 0 Å². The lowest BCUT2D eigenvalue weighted by atomic mass is 10.3. The number of hydrogen-bond acceptors (Lipinski definition) is 3. The molecular formula is C12H13ClFNO3S. The molecule has 1 amide bonds. The van der Waals surface area contributed by atoms with E-state index in [0.717, 1.165) is 6.07 Å². The first kappa shape index (κ1) is 15.8. The molecular weight excluding hydrogens is 293 g/mol. The van der Waals surface area contributed by atoms with Gasteiger partial charge in [-0.25, -0.2) is 4.39 Å². The van der Waals surface area contributed by atoms with Gasteiger partial charge in [-0.3, -0.25) is 9.59 Å². The molecule has 0 saturated carbocycles. The van der Waals surface area contributed by atoms with Crippen molar-refractivity contribution in [1.82, 2.24) is 0 Å². The number of nitrogens with one attached hydrogen (secondary N) is 1. The molecule has 104 valence electrons. The number of rotatable bonds is 6. The fraction of sp³-hybridized carbons (Fsp3) is 0.333. The van der Waals surface area contributed by atoms with Crippen molar-refractivity contribution in [2.45, 2.75) is 18.6 Å². The average molecular weight is 306 g/mol. The number of anilines is 1. The first-order chi connectivity index (χ1) is 8.88. The number of carbonyl (C=O) groups is 2. The zero-order valence-corrected chi connectivity index (χ0v) is 11.7. The molecule has 4 nitrogen and oxygen atoms in total. The molecule has 0 aliphatic carbocycles. The van der Waals surface area contributed by atoms with E-state index < -0.39 is 11.8 Å². The van der Waals surface area contributed by atoms with Crippen molar-refractivity contribution in [1.29, 1.82) is 0 Å². The van der Waals surface area contributed by atoms with Crippen LogP contribution < -0.4 is 5.32 Å². The molecule has 0 aromatic heterocycles. The van der Waals surface area contributed by atoms with Gasteiger partial charge in [0.15, 0.2) is 0 Å². The van der Waals surface area contributed by atoms with Gasteiger partial charge in [-0.1, -0.05) is 18.5 Å². The van der Waals surface area contributed by atoms with Gasteiger partial charge < -0.3 is 10.4 Å². The van der Waals surface area contributed by atoms with Crippen molar-refractivity contribution in [3.8, 4) is 0 Å². The number of thioether (sulfide) groups is 1. The molecule has 2 N–H and O–H groups in total. The van der Waals surface area contributed by atoms with Crippen LogP contribution in [0.3, 0.4) is 0 Å². The van der Waals surface area contributed by atoms with E-state index in [4.69, 9.17) is 16.7 Å². The van der Waals surface area contributed by atoms with Crippen LogP contribution in [0, 0.1) is 5.82 Å². The SMILES string of the molecule is CC(CC(=O)O)SCC(=O)Nc1ccc(Cl)cc1F. The first-order valence-electron chi connectivity index (χ1n) is 5.46. The highest BCUT2D eigenvalue weighted by Gasteiger charge is 2.12. The first-order valence-corrected chi connectivity index (χ1v) is 6.89. The molecule has 0 saturated heterocycles. The molecule has 0 spiro atoms. The molecule has 1 unspecified atom stereocenters. The van der Waals surface area contributed by atoms with E-state index in [2.05, 4.69) is 5.32 Å². The number of amides is 1. The van der Waals surface area contributed by atoms with Gasteiger partial charge in [0.1, 0.15) is 5.82 Å². The molecule has 19 heavy (non-hydrogen) atoms. The van der Waals surface area contributed by atoms with Gasteiger partial charge >= 0.3 is 5.97 Å². The summed E-state index contributed by atoms with van der Waals surface area (Å²) in [4.78, 5) is 22.0. The highest BCUT2D eigenvalue weighted by atomic mass is 35.5. The topological polar surface area (TPSA) is 66.4 Å². The summed E-state index contributed by atoms with van der Waals surface area (Å²) >= 11 is 6.79. The van der Waals surface area contributed by atoms with Gasteiger partial charge in [0.2, 0.25) is 5.91 Å². The summed E-state index contributed by atoms with van der Waals surface area (Å²) in [6.07, 6.45) is -0.0206. The quantitative estimate of drug-likeness (QED) is 0.848. The molecule has 1 atom stereocenters. The van der Waals surface area contributed by atoms with Gasteiger partial charge in [-0.15, -0.1) is 11.8 Å². The summed E-state index contributed by atoms with van der Waals surface area (Å²) < 4.78 is 13.4. The van der Waals surface area contributed by atoms with Gasteiger partial charge in [0.25, 0.3) is 0 Å². The van der Waals surface area contributed by atoms with Gasteiger partial charge in [-0.05, 0) is 18.2 Å². The highest BCUT2D eigenvalue weighted by molar-refractivity contribution is 8.00. The van der Waals surface area contributed by atoms with Crippen LogP contribution in [-0.4, -0.2) is 28.0 Å². The molecule has 0 heterocycles. The Balaban J connectivity index is 2.45. The molecule has 7 heteroatoms. The number of carboxylic acids is 1. The van der Waals surface area contributed by atoms with Crippen LogP contribution in [-0.2, 0) is 9.59 Å². The summed E-state index contributed by atoms with van der Waals surface area (Å²) in [5, 5.41) is 11.0. The number of carboxylic acid groups (broad SMARTS) is 1. The van der Waals surface area contributed by atoms with Crippen molar-refractivity contribution >= 4 is 40.9 Å². The van der Waals surface area contributed by atoms with Gasteiger partial charge in [-0.2, -0.15) is 0 Å². The molecule has 0 radical (unpaired) electrons. The maximum absolute atomic E-state index is 13.4. The van der Waals surface area contributed by atoms with Gasteiger partial charge in [0.05, 0.1) is 17.9 Å². The predicted molar refractivity (Wildman–Crippen MR) is 74.2 cm³/mol. The van der Waals surface area contributed by atoms with E-state index in [-0.39, 0.29) is 34.0 Å². The Kier molecular flexibility index (Phi) is 6.11. The Labute approximate surface area is 119 Å². The van der Waals surface area contributed by atoms with E-state index >= 15 is 0 Å². The summed E-state index contributed by atoms with van der Waals surface area (Å²) in [5.74, 6) is -1.84. The second-order valence-corrected chi connectivity index (χ2v) is 5.76. The van der Waals surface area contributed by atoms with Crippen LogP contribution in [0.1, 0.15) is 13.3 Å². The van der Waals surface area contributed by atoms with Crippen LogP contribution >= 0.6 is 23.4 Å². The zero-order chi connectivity index (χ0) is 14.4. The van der Waals surface area contributed by atoms with Crippen molar-refractivity contribution in [2.75, 3.05) is 11.1 Å². The summed E-state index contributed by atoms with van der Waals surface area (Å²) in [6.45, 7) is 1.72. The van der Waals surface area contributed by atoms with Crippen LogP contribution in [0.4, 0.5) is 10.1 Å². The van der Waals surface area contributed by atoms with E-state index in [9.17, 15) is 14.0 Å². The maximum atomic E-state index is 13.4. The number of hydrogen-bond donors (Lipinski definition) is 2. The predicted octanol–water partition coefficient (Wildman–Crippen LogP) is 3.01. The molecule has 0 bridgehead atoms. The lowest BCUT2D eigenvalue weighted by Gasteiger charge is -2.09. The molecule has 1 aromatic rings. The smallest absolute Gasteiger partial charge is 0.304 e. The fourth-order valence-electron chi connectivity index (χ4n) is 1.30. The lowest BCUT2D eigenvalue weighted by molar-refractivity contribution is -0.136. The minimum absolute atomic E-state index is 0.0206. The van der Waals surface area contributed by atoms with E-state index in [1.54, 1.807) is 6.92 Å². The highest BCUT2D eigenvalue weighted by Crippen LogP contribution is 2.20. The molecule has 1 aromatic carbocycles. The van der Waals surface area contributed by atoms with Crippen molar-refractivity contribution in [3.05, 3.63) is 29.0 Å². The van der Waals surface area contributed by atoms with Crippen molar-refractivity contribution in [2.24, 2.45) is 0 Å². The van der Waals surface area contributed by atoms with Crippen molar-refractivity contribution in [3.63, 3.8) is 0 Å². The molecule has 0 aliphatic heterocycles. The largest absolute Gasteiger partial charge is 0.481 e. The summed E-state index contributed by atoms with van der Waals surface area (Å²) in [5.41, 5.74) is 0.0564. The minimum Gasteiger partial charge on any atom is -0.481 e. The van der Waals surface area contributed by atoms with Crippen LogP contribution in [0.2, 0.25) is 5.02 Å². The van der Waals surface area contributed by atoms with E-state index in [1.165, 1.54) is 23.9 Å². The summed E-state index contributed by atoms with van der Waals surface area (Å²) in [7, 11) is 0. The third-order valence-electron chi connectivity index (χ3n) is 2.17. The van der Waals surface area contributed by atoms with Crippen molar-refractivity contribution < 1.29 is 19.1 Å². The maximum Gasteiger partial charge on any atom is 0.304 e. The Morgan fingerprint density at radius 1 is 1.53 bits per heavy atom. The van der Waals surface area contributed by atoms with Crippen LogP contribution in [0.25, 0.3) is 0 Å². The van der Waals surface area contributed by atoms with E-state index in [1.807, 2.05) is 0 Å². The third kappa shape index (κ3) is 5.94. The monoisotopic (exact) mass is 305 g/mol. The number of benzene rings is 1. The minimum atomic E-state index is -0.913. The van der Waals surface area contributed by atoms with Gasteiger partial charge in [0, 0.05) is 10.3 Å². The second-order valence-electron chi connectivity index (χ2n) is 3.89. The van der Waals surface area contributed by atoms with Crippen LogP contribution in [0.15, 0.2) is 18.2 Å². The number of halogens is 2. The fourth-order valence-corrected chi connectivity index (χ4v) is 2.23. The normalized spacial score (nSPS) is 11.9. The number of aliphatic carboxylic acids is 1. The molecule has 1 rings (SSSR count). The number of carbonyl (C=O) groups excluding carboxylic acids is 1. The lowest BCUT2D eigenvalue weighted by Crippen LogP contribution is -2.17. The zero-order valence-electron chi connectivity index (χ0n) is 10.2. The third-order valence-corrected chi connectivity index (χ3v) is 3.57. The molecule has 0 fully saturated rings. The summed E-state index contributed by atoms with van der Waals surface area (Å²) in [6, 6.07) is 3.96. The second kappa shape index (κ2) is 7.35. The van der Waals surface area contributed by atoms with Crippen LogP contribution in [0.5, 0.6) is 0 Å². The Hall–Kier alpha value is -1.27. The standard InChI is InChI=1S/C12H13ClFNO3S/c1-7(4-12(17)18)19-6-11(16)15-10-3-2-8(13)5-9(10)14/h2-3,5,7H,4,6H2,1H3,(H,15,16)(H,17,18).